The molecule has 6 rings (SSSR count). The number of aromatic amines is 1. The molecule has 0 saturated carbocycles. The lowest BCUT2D eigenvalue weighted by molar-refractivity contribution is -0.122. The Labute approximate surface area is 166 Å². The van der Waals surface area contributed by atoms with Gasteiger partial charge in [0, 0.05) is 22.8 Å². The van der Waals surface area contributed by atoms with Gasteiger partial charge in [-0.1, -0.05) is 12.1 Å². The van der Waals surface area contributed by atoms with Crippen LogP contribution in [0.25, 0.3) is 21.3 Å². The van der Waals surface area contributed by atoms with E-state index < -0.39 is 0 Å². The molecule has 0 spiro atoms. The van der Waals surface area contributed by atoms with E-state index >= 15 is 0 Å². The summed E-state index contributed by atoms with van der Waals surface area (Å²) in [6.07, 6.45) is 2.38. The number of H-pyrrole nitrogens is 1. The lowest BCUT2D eigenvalue weighted by Crippen LogP contribution is -2.57. The molecular formula is C20H22N4O3S. The predicted molar refractivity (Wildman–Crippen MR) is 109 cm³/mol. The Balaban J connectivity index is 0.000000604. The Bertz CT molecular complexity index is 961. The maximum absolute atomic E-state index is 12.9. The van der Waals surface area contributed by atoms with Gasteiger partial charge >= 0.3 is 0 Å². The molecule has 3 aromatic rings. The van der Waals surface area contributed by atoms with Crippen LogP contribution < -0.4 is 5.32 Å². The molecule has 3 fully saturated rings. The van der Waals surface area contributed by atoms with Gasteiger partial charge in [-0.15, -0.1) is 11.3 Å². The summed E-state index contributed by atoms with van der Waals surface area (Å²) in [6.45, 7) is 3.07. The van der Waals surface area contributed by atoms with Crippen molar-refractivity contribution in [3.05, 3.63) is 41.4 Å². The highest BCUT2D eigenvalue weighted by atomic mass is 32.1. The summed E-state index contributed by atoms with van der Waals surface area (Å²) in [5, 5.41) is 20.4. The third-order valence-electron chi connectivity index (χ3n) is 5.56. The molecular weight excluding hydrogens is 376 g/mol. The molecule has 0 radical (unpaired) electrons. The highest BCUT2D eigenvalue weighted by molar-refractivity contribution is 7.13. The van der Waals surface area contributed by atoms with E-state index in [1.807, 2.05) is 12.1 Å². The highest BCUT2D eigenvalue weighted by Crippen LogP contribution is 2.30. The van der Waals surface area contributed by atoms with Crippen LogP contribution in [0.4, 0.5) is 0 Å². The van der Waals surface area contributed by atoms with Crippen LogP contribution in [0.1, 0.15) is 23.3 Å². The molecule has 0 aliphatic carbocycles. The molecule has 2 bridgehead atoms. The van der Waals surface area contributed by atoms with Gasteiger partial charge in [-0.2, -0.15) is 5.10 Å². The average molecular weight is 398 g/mol. The number of rotatable bonds is 3. The van der Waals surface area contributed by atoms with E-state index in [1.165, 1.54) is 30.8 Å². The topological polar surface area (TPSA) is 98.3 Å². The number of aromatic nitrogens is 2. The summed E-state index contributed by atoms with van der Waals surface area (Å²) in [7, 11) is 0. The molecule has 28 heavy (non-hydrogen) atoms. The fourth-order valence-corrected chi connectivity index (χ4v) is 4.87. The minimum absolute atomic E-state index is 0.0617. The van der Waals surface area contributed by atoms with Crippen molar-refractivity contribution in [2.75, 3.05) is 19.6 Å². The van der Waals surface area contributed by atoms with Gasteiger partial charge in [0.25, 0.3) is 12.4 Å². The van der Waals surface area contributed by atoms with Crippen LogP contribution in [-0.4, -0.2) is 58.3 Å². The van der Waals surface area contributed by atoms with Crippen molar-refractivity contribution in [3.63, 3.8) is 0 Å². The van der Waals surface area contributed by atoms with Crippen LogP contribution in [0, 0.1) is 5.92 Å². The summed E-state index contributed by atoms with van der Waals surface area (Å²) in [5.41, 5.74) is 2.53. The maximum Gasteiger partial charge on any atom is 0.290 e. The lowest BCUT2D eigenvalue weighted by atomic mass is 9.84. The number of carboxylic acid groups (broad SMARTS) is 1. The van der Waals surface area contributed by atoms with Crippen molar-refractivity contribution >= 4 is 34.6 Å². The lowest BCUT2D eigenvalue weighted by Gasteiger charge is -2.44. The summed E-state index contributed by atoms with van der Waals surface area (Å²) < 4.78 is 0. The largest absolute Gasteiger partial charge is 0.483 e. The smallest absolute Gasteiger partial charge is 0.290 e. The Hall–Kier alpha value is -2.71. The van der Waals surface area contributed by atoms with Crippen molar-refractivity contribution in [2.45, 2.75) is 18.9 Å². The van der Waals surface area contributed by atoms with Crippen molar-refractivity contribution in [2.24, 2.45) is 5.92 Å². The third-order valence-corrected chi connectivity index (χ3v) is 6.48. The molecule has 3 saturated heterocycles. The zero-order valence-corrected chi connectivity index (χ0v) is 16.1. The monoisotopic (exact) mass is 398 g/mol. The molecule has 3 aliphatic rings. The van der Waals surface area contributed by atoms with E-state index in [-0.39, 0.29) is 18.4 Å². The standard InChI is InChI=1S/C19H20N4OS.CH2O2/c24-19(20-16-11-23-7-5-12(16)6-8-23)18-14-10-13(17-2-1-9-25-17)3-4-15(14)21-22-18;2-1-3/h1-4,9-10,12,16H,5-8,11H2,(H,20,24)(H,21,22);1H,(H,2,3)/t16-;/m0./s1. The zero-order chi connectivity index (χ0) is 19.5. The van der Waals surface area contributed by atoms with Gasteiger partial charge in [0.2, 0.25) is 0 Å². The quantitative estimate of drug-likeness (QED) is 0.590. The second-order valence-corrected chi connectivity index (χ2v) is 8.08. The van der Waals surface area contributed by atoms with E-state index in [4.69, 9.17) is 9.90 Å². The SMILES string of the molecule is O=C(N[C@H]1CN2CCC1CC2)c1n[nH]c2ccc(-c3cccs3)cc12.O=CO. The molecule has 3 N–H and O–H groups in total. The number of hydrogen-bond acceptors (Lipinski definition) is 5. The molecule has 3 aliphatic heterocycles. The van der Waals surface area contributed by atoms with E-state index in [0.717, 1.165) is 23.0 Å². The summed E-state index contributed by atoms with van der Waals surface area (Å²) >= 11 is 1.70. The van der Waals surface area contributed by atoms with E-state index in [0.29, 0.717) is 11.6 Å². The number of carbonyl (C=O) groups is 2. The normalized spacial score (nSPS) is 23.1. The van der Waals surface area contributed by atoms with Crippen molar-refractivity contribution in [1.29, 1.82) is 0 Å². The molecule has 8 heteroatoms. The molecule has 2 aromatic heterocycles. The van der Waals surface area contributed by atoms with E-state index in [2.05, 4.69) is 44.0 Å². The number of nitrogens with zero attached hydrogens (tertiary/aromatic N) is 2. The first-order valence-electron chi connectivity index (χ1n) is 9.32. The Morgan fingerprint density at radius 1 is 1.32 bits per heavy atom. The number of carbonyl (C=O) groups excluding carboxylic acids is 1. The van der Waals surface area contributed by atoms with Gasteiger partial charge < -0.3 is 15.3 Å². The van der Waals surface area contributed by atoms with Gasteiger partial charge in [-0.05, 0) is 61.0 Å². The van der Waals surface area contributed by atoms with Gasteiger partial charge in [0.15, 0.2) is 5.69 Å². The molecule has 7 nitrogen and oxygen atoms in total. The second-order valence-electron chi connectivity index (χ2n) is 7.13. The Morgan fingerprint density at radius 2 is 2.11 bits per heavy atom. The van der Waals surface area contributed by atoms with Crippen LogP contribution in [0.5, 0.6) is 0 Å². The number of hydrogen-bond donors (Lipinski definition) is 3. The van der Waals surface area contributed by atoms with Crippen LogP contribution >= 0.6 is 11.3 Å². The fraction of sp³-hybridized carbons (Fsp3) is 0.350. The minimum atomic E-state index is -0.250. The van der Waals surface area contributed by atoms with Crippen LogP contribution in [0.2, 0.25) is 0 Å². The van der Waals surface area contributed by atoms with E-state index in [9.17, 15) is 4.79 Å². The summed E-state index contributed by atoms with van der Waals surface area (Å²) in [4.78, 5) is 24.9. The zero-order valence-electron chi connectivity index (χ0n) is 15.3. The highest BCUT2D eigenvalue weighted by Gasteiger charge is 2.35. The number of amides is 1. The maximum atomic E-state index is 12.9. The van der Waals surface area contributed by atoms with Crippen LogP contribution in [-0.2, 0) is 4.79 Å². The molecule has 146 valence electrons. The predicted octanol–water partition coefficient (Wildman–Crippen LogP) is 2.82. The molecule has 1 amide bonds. The Kier molecular flexibility index (Phi) is 5.40. The van der Waals surface area contributed by atoms with Gasteiger partial charge in [-0.3, -0.25) is 14.7 Å². The van der Waals surface area contributed by atoms with Gasteiger partial charge in [0.1, 0.15) is 0 Å². The fourth-order valence-electron chi connectivity index (χ4n) is 4.15. The Morgan fingerprint density at radius 3 is 2.75 bits per heavy atom. The number of benzene rings is 1. The van der Waals surface area contributed by atoms with Crippen LogP contribution in [0.3, 0.4) is 0 Å². The number of thiophene rings is 1. The van der Waals surface area contributed by atoms with Crippen molar-refractivity contribution in [1.82, 2.24) is 20.4 Å². The third kappa shape index (κ3) is 3.65. The second kappa shape index (κ2) is 8.12. The van der Waals surface area contributed by atoms with Gasteiger partial charge in [0.05, 0.1) is 5.52 Å². The van der Waals surface area contributed by atoms with Crippen LogP contribution in [0.15, 0.2) is 35.7 Å². The van der Waals surface area contributed by atoms with Crippen molar-refractivity contribution in [3.8, 4) is 10.4 Å². The van der Waals surface area contributed by atoms with Crippen molar-refractivity contribution < 1.29 is 14.7 Å². The molecule has 1 atom stereocenters. The summed E-state index contributed by atoms with van der Waals surface area (Å²) in [6, 6.07) is 10.5. The molecule has 1 aromatic carbocycles. The first-order valence-corrected chi connectivity index (χ1v) is 10.2. The number of piperidine rings is 3. The average Bonchev–Trinajstić information content (AvgIpc) is 3.39. The number of nitrogens with one attached hydrogen (secondary N) is 2. The summed E-state index contributed by atoms with van der Waals surface area (Å²) in [5.74, 6) is 0.550. The first kappa shape index (κ1) is 18.6. The van der Waals surface area contributed by atoms with E-state index in [1.54, 1.807) is 11.3 Å². The molecule has 5 heterocycles. The number of fused-ring (bicyclic) bond motifs is 4. The first-order chi connectivity index (χ1) is 13.7. The minimum Gasteiger partial charge on any atom is -0.483 e. The molecule has 0 unspecified atom stereocenters. The van der Waals surface area contributed by atoms with Gasteiger partial charge in [-0.25, -0.2) is 0 Å².